The number of allylic oxidation sites excluding steroid dienone is 2. The van der Waals surface area contributed by atoms with Gasteiger partial charge in [-0.15, -0.1) is 0 Å². The van der Waals surface area contributed by atoms with Gasteiger partial charge in [-0.3, -0.25) is 4.79 Å². The zero-order valence-electron chi connectivity index (χ0n) is 22.1. The van der Waals surface area contributed by atoms with Gasteiger partial charge in [-0.25, -0.2) is 4.79 Å². The third-order valence-corrected chi connectivity index (χ3v) is 6.17. The Morgan fingerprint density at radius 2 is 1.21 bits per heavy atom. The molecule has 0 aliphatic rings. The molecule has 4 nitrogen and oxygen atoms in total. The van der Waals surface area contributed by atoms with Crippen LogP contribution in [0.3, 0.4) is 0 Å². The predicted molar refractivity (Wildman–Crippen MR) is 141 cm³/mol. The third-order valence-electron chi connectivity index (χ3n) is 6.17. The summed E-state index contributed by atoms with van der Waals surface area (Å²) in [6, 6.07) is 0. The van der Waals surface area contributed by atoms with Gasteiger partial charge in [0.25, 0.3) is 5.91 Å². The van der Waals surface area contributed by atoms with E-state index in [2.05, 4.69) is 38.1 Å². The number of amides is 1. The van der Waals surface area contributed by atoms with Crippen molar-refractivity contribution in [1.82, 2.24) is 5.48 Å². The molecule has 0 heterocycles. The number of nitrogens with one attached hydrogen (secondary N) is 1. The maximum atomic E-state index is 12.3. The summed E-state index contributed by atoms with van der Waals surface area (Å²) in [6.07, 6.45) is 28.2. The van der Waals surface area contributed by atoms with Crippen molar-refractivity contribution in [3.8, 4) is 0 Å². The average molecular weight is 464 g/mol. The molecule has 0 aromatic rings. The van der Waals surface area contributed by atoms with E-state index < -0.39 is 5.97 Å². The van der Waals surface area contributed by atoms with Crippen molar-refractivity contribution in [2.24, 2.45) is 5.92 Å². The standard InChI is InChI=1S/C29H53NO3/c1-5-7-8-9-10-11-12-13-14-15-16-17-18-19-20-21-22-23-25-27(24-6-2)28(31)30-33-29(32)26(3)4/h13-14,27H,3,5-12,15-25H2,1-2,4H3,(H,30,31)/b14-13-. The van der Waals surface area contributed by atoms with Crippen LogP contribution in [0.5, 0.6) is 0 Å². The van der Waals surface area contributed by atoms with Gasteiger partial charge >= 0.3 is 5.97 Å². The average Bonchev–Trinajstić information content (AvgIpc) is 2.80. The van der Waals surface area contributed by atoms with Crippen LogP contribution in [0, 0.1) is 5.92 Å². The summed E-state index contributed by atoms with van der Waals surface area (Å²) < 4.78 is 0. The molecule has 192 valence electrons. The van der Waals surface area contributed by atoms with E-state index in [0.717, 1.165) is 25.7 Å². The molecule has 0 rings (SSSR count). The Balaban J connectivity index is 3.58. The minimum absolute atomic E-state index is 0.0814. The Kier molecular flexibility index (Phi) is 22.4. The number of carbonyl (C=O) groups is 2. The lowest BCUT2D eigenvalue weighted by atomic mass is 9.95. The van der Waals surface area contributed by atoms with E-state index >= 15 is 0 Å². The Labute approximate surface area is 205 Å². The van der Waals surface area contributed by atoms with Gasteiger partial charge in [-0.05, 0) is 45.4 Å². The SMILES string of the molecule is C=C(C)C(=O)ONC(=O)C(CCC)CCCCCCCCCC/C=C\CCCCCCCC. The van der Waals surface area contributed by atoms with Crippen LogP contribution in [-0.2, 0) is 14.4 Å². The smallest absolute Gasteiger partial charge is 0.336 e. The number of hydrogen-bond acceptors (Lipinski definition) is 3. The second-order valence-electron chi connectivity index (χ2n) is 9.56. The minimum Gasteiger partial charge on any atom is -0.336 e. The van der Waals surface area contributed by atoms with Crippen molar-refractivity contribution >= 4 is 11.9 Å². The minimum atomic E-state index is -0.581. The molecule has 0 aliphatic heterocycles. The van der Waals surface area contributed by atoms with Crippen molar-refractivity contribution in [3.63, 3.8) is 0 Å². The lowest BCUT2D eigenvalue weighted by Gasteiger charge is -2.15. The quantitative estimate of drug-likeness (QED) is 0.0755. The van der Waals surface area contributed by atoms with Crippen LogP contribution >= 0.6 is 0 Å². The molecule has 0 radical (unpaired) electrons. The molecule has 33 heavy (non-hydrogen) atoms. The summed E-state index contributed by atoms with van der Waals surface area (Å²) >= 11 is 0. The van der Waals surface area contributed by atoms with Crippen LogP contribution in [0.15, 0.2) is 24.3 Å². The summed E-state index contributed by atoms with van der Waals surface area (Å²) in [5, 5.41) is 0. The van der Waals surface area contributed by atoms with Crippen molar-refractivity contribution in [2.75, 3.05) is 0 Å². The van der Waals surface area contributed by atoms with Crippen LogP contribution in [0.25, 0.3) is 0 Å². The van der Waals surface area contributed by atoms with Gasteiger partial charge in [0.1, 0.15) is 0 Å². The molecule has 1 unspecified atom stereocenters. The topological polar surface area (TPSA) is 55.4 Å². The first kappa shape index (κ1) is 31.4. The monoisotopic (exact) mass is 463 g/mol. The summed E-state index contributed by atoms with van der Waals surface area (Å²) in [7, 11) is 0. The highest BCUT2D eigenvalue weighted by molar-refractivity contribution is 5.88. The predicted octanol–water partition coefficient (Wildman–Crippen LogP) is 8.76. The number of rotatable bonds is 22. The van der Waals surface area contributed by atoms with E-state index in [9.17, 15) is 9.59 Å². The summed E-state index contributed by atoms with van der Waals surface area (Å²) in [6.45, 7) is 9.42. The number of hydrogen-bond donors (Lipinski definition) is 1. The van der Waals surface area contributed by atoms with Gasteiger partial charge in [0.2, 0.25) is 0 Å². The molecule has 1 N–H and O–H groups in total. The molecule has 0 fully saturated rings. The molecule has 0 saturated heterocycles. The van der Waals surface area contributed by atoms with E-state index in [1.165, 1.54) is 96.3 Å². The molecule has 0 bridgehead atoms. The van der Waals surface area contributed by atoms with Crippen molar-refractivity contribution in [3.05, 3.63) is 24.3 Å². The number of unbranched alkanes of at least 4 members (excludes halogenated alkanes) is 14. The zero-order chi connectivity index (χ0) is 24.6. The molecular formula is C29H53NO3. The first-order valence-electron chi connectivity index (χ1n) is 13.8. The Hall–Kier alpha value is -1.58. The molecular weight excluding hydrogens is 410 g/mol. The molecule has 0 saturated carbocycles. The van der Waals surface area contributed by atoms with Crippen molar-refractivity contribution in [1.29, 1.82) is 0 Å². The molecule has 0 aromatic heterocycles. The maximum Gasteiger partial charge on any atom is 0.358 e. The second-order valence-corrected chi connectivity index (χ2v) is 9.56. The highest BCUT2D eigenvalue weighted by Gasteiger charge is 2.18. The summed E-state index contributed by atoms with van der Waals surface area (Å²) in [4.78, 5) is 28.5. The number of carbonyl (C=O) groups excluding carboxylic acids is 2. The van der Waals surface area contributed by atoms with Crippen LogP contribution in [-0.4, -0.2) is 11.9 Å². The Morgan fingerprint density at radius 3 is 1.70 bits per heavy atom. The normalized spacial score (nSPS) is 12.1. The summed E-state index contributed by atoms with van der Waals surface area (Å²) in [5.41, 5.74) is 2.58. The van der Waals surface area contributed by atoms with Crippen molar-refractivity contribution < 1.29 is 14.4 Å². The van der Waals surface area contributed by atoms with E-state index in [4.69, 9.17) is 4.84 Å². The molecule has 0 spiro atoms. The molecule has 0 aromatic carbocycles. The van der Waals surface area contributed by atoms with Crippen molar-refractivity contribution in [2.45, 2.75) is 143 Å². The van der Waals surface area contributed by atoms with Gasteiger partial charge in [-0.2, -0.15) is 5.48 Å². The van der Waals surface area contributed by atoms with Crippen LogP contribution in [0.4, 0.5) is 0 Å². The third kappa shape index (κ3) is 20.7. The highest BCUT2D eigenvalue weighted by atomic mass is 16.7. The van der Waals surface area contributed by atoms with Crippen LogP contribution in [0.1, 0.15) is 143 Å². The Morgan fingerprint density at radius 1 is 0.727 bits per heavy atom. The molecule has 1 amide bonds. The molecule has 4 heteroatoms. The number of hydroxylamine groups is 1. The first-order valence-corrected chi connectivity index (χ1v) is 13.8. The summed E-state index contributed by atoms with van der Waals surface area (Å²) in [5.74, 6) is -0.850. The maximum absolute atomic E-state index is 12.3. The lowest BCUT2D eigenvalue weighted by molar-refractivity contribution is -0.156. The largest absolute Gasteiger partial charge is 0.358 e. The van der Waals surface area contributed by atoms with Gasteiger partial charge in [0.15, 0.2) is 0 Å². The highest BCUT2D eigenvalue weighted by Crippen LogP contribution is 2.18. The zero-order valence-corrected chi connectivity index (χ0v) is 22.1. The van der Waals surface area contributed by atoms with E-state index in [1.54, 1.807) is 6.92 Å². The van der Waals surface area contributed by atoms with Gasteiger partial charge in [0.05, 0.1) is 0 Å². The second kappa shape index (κ2) is 23.6. The fourth-order valence-corrected chi connectivity index (χ4v) is 4.01. The van der Waals surface area contributed by atoms with E-state index in [-0.39, 0.29) is 17.4 Å². The Bertz CT molecular complexity index is 527. The lowest BCUT2D eigenvalue weighted by Crippen LogP contribution is -2.33. The fourth-order valence-electron chi connectivity index (χ4n) is 4.01. The van der Waals surface area contributed by atoms with Gasteiger partial charge in [-0.1, -0.05) is 116 Å². The van der Waals surface area contributed by atoms with E-state index in [0.29, 0.717) is 0 Å². The van der Waals surface area contributed by atoms with Gasteiger partial charge < -0.3 is 4.84 Å². The van der Waals surface area contributed by atoms with E-state index in [1.807, 2.05) is 0 Å². The molecule has 0 aliphatic carbocycles. The fraction of sp³-hybridized carbons (Fsp3) is 0.793. The van der Waals surface area contributed by atoms with Gasteiger partial charge in [0, 0.05) is 11.5 Å². The molecule has 1 atom stereocenters. The van der Waals surface area contributed by atoms with Crippen LogP contribution < -0.4 is 5.48 Å². The first-order chi connectivity index (χ1) is 16.0. The van der Waals surface area contributed by atoms with Crippen LogP contribution in [0.2, 0.25) is 0 Å².